The van der Waals surface area contributed by atoms with Gasteiger partial charge in [-0.25, -0.2) is 0 Å². The molecule has 4 rings (SSSR count). The summed E-state index contributed by atoms with van der Waals surface area (Å²) in [6.07, 6.45) is 34.5. The number of benzene rings is 3. The highest BCUT2D eigenvalue weighted by molar-refractivity contribution is 5.87. The Balaban J connectivity index is 1.70. The summed E-state index contributed by atoms with van der Waals surface area (Å²) in [5.41, 5.74) is 3.98. The lowest BCUT2D eigenvalue weighted by atomic mass is 9.93. The second-order valence-corrected chi connectivity index (χ2v) is 19.6. The van der Waals surface area contributed by atoms with Gasteiger partial charge in [0.15, 0.2) is 34.5 Å². The van der Waals surface area contributed by atoms with Crippen LogP contribution in [-0.2, 0) is 14.2 Å². The van der Waals surface area contributed by atoms with Crippen LogP contribution in [0, 0.1) is 0 Å². The normalized spacial score (nSPS) is 13.6. The summed E-state index contributed by atoms with van der Waals surface area (Å²) in [5, 5.41) is 0. The molecule has 0 N–H and O–H groups in total. The third-order valence-corrected chi connectivity index (χ3v) is 13.3. The molecule has 0 saturated carbocycles. The van der Waals surface area contributed by atoms with Gasteiger partial charge in [0.2, 0.25) is 0 Å². The number of hydrogen-bond donors (Lipinski definition) is 0. The standard InChI is InChI=1S/C62H100O9/c1-5-9-13-17-21-25-29-37-66-57-35-33-53(49-59(57)68-39-31-27-23-19-15-11-7-3)55-51-61-62(71-48-46-65-44-42-63-41-43-64-45-47-70-61)52-56(55)54-34-36-58(67-38-30-26-22-18-14-10-6-2)60(50-54)69-40-32-28-24-20-16-12-8-4/h33-36,49-52H,5-32,37-48H2,1-4H3. The molecule has 0 saturated heterocycles. The van der Waals surface area contributed by atoms with E-state index < -0.39 is 0 Å². The lowest BCUT2D eigenvalue weighted by molar-refractivity contribution is 0.00708. The molecule has 9 heteroatoms. The first-order chi connectivity index (χ1) is 35.2. The van der Waals surface area contributed by atoms with Gasteiger partial charge in [0.25, 0.3) is 0 Å². The quantitative estimate of drug-likeness (QED) is 0.0521. The van der Waals surface area contributed by atoms with Gasteiger partial charge in [0.05, 0.1) is 66.1 Å². The Labute approximate surface area is 433 Å². The Bertz CT molecular complexity index is 1620. The van der Waals surface area contributed by atoms with E-state index in [0.717, 1.165) is 83.8 Å². The van der Waals surface area contributed by atoms with Crippen molar-refractivity contribution in [1.29, 1.82) is 0 Å². The van der Waals surface area contributed by atoms with Gasteiger partial charge in [0, 0.05) is 0 Å². The van der Waals surface area contributed by atoms with Crippen LogP contribution in [0.25, 0.3) is 22.3 Å². The van der Waals surface area contributed by atoms with E-state index in [0.29, 0.717) is 90.8 Å². The molecule has 0 unspecified atom stereocenters. The Morgan fingerprint density at radius 1 is 0.296 bits per heavy atom. The molecule has 0 aliphatic carbocycles. The Kier molecular flexibility index (Phi) is 34.4. The molecule has 3 aromatic rings. The van der Waals surface area contributed by atoms with E-state index in [4.69, 9.17) is 42.6 Å². The molecule has 1 aliphatic rings. The SMILES string of the molecule is CCCCCCCCCOc1ccc(-c2cc3c(cc2-c2ccc(OCCCCCCCCC)c(OCCCCCCCCC)c2)OCCOCCOCCOCCO3)cc1OCCCCCCCCC. The van der Waals surface area contributed by atoms with Gasteiger partial charge in [-0.3, -0.25) is 0 Å². The first kappa shape index (κ1) is 59.9. The van der Waals surface area contributed by atoms with Crippen LogP contribution in [0.2, 0.25) is 0 Å². The maximum atomic E-state index is 6.68. The van der Waals surface area contributed by atoms with Crippen LogP contribution in [0.4, 0.5) is 0 Å². The zero-order chi connectivity index (χ0) is 50.1. The predicted octanol–water partition coefficient (Wildman–Crippen LogP) is 17.4. The zero-order valence-electron chi connectivity index (χ0n) is 45.6. The lowest BCUT2D eigenvalue weighted by Gasteiger charge is -2.20. The molecule has 0 spiro atoms. The van der Waals surface area contributed by atoms with Crippen LogP contribution >= 0.6 is 0 Å². The Morgan fingerprint density at radius 3 is 0.873 bits per heavy atom. The summed E-state index contributed by atoms with van der Waals surface area (Å²) >= 11 is 0. The van der Waals surface area contributed by atoms with Crippen molar-refractivity contribution in [3.05, 3.63) is 48.5 Å². The third-order valence-electron chi connectivity index (χ3n) is 13.3. The molecule has 0 atom stereocenters. The summed E-state index contributed by atoms with van der Waals surface area (Å²) in [7, 11) is 0. The van der Waals surface area contributed by atoms with Gasteiger partial charge in [-0.2, -0.15) is 0 Å². The molecular weight excluding hydrogens is 889 g/mol. The van der Waals surface area contributed by atoms with Gasteiger partial charge in [-0.15, -0.1) is 0 Å². The molecule has 0 aromatic heterocycles. The average molecular weight is 989 g/mol. The Morgan fingerprint density at radius 2 is 0.563 bits per heavy atom. The smallest absolute Gasteiger partial charge is 0.161 e. The van der Waals surface area contributed by atoms with Crippen LogP contribution < -0.4 is 28.4 Å². The summed E-state index contributed by atoms with van der Waals surface area (Å²) in [4.78, 5) is 0. The highest BCUT2D eigenvalue weighted by Crippen LogP contribution is 2.45. The maximum Gasteiger partial charge on any atom is 0.161 e. The number of hydrogen-bond acceptors (Lipinski definition) is 9. The third kappa shape index (κ3) is 26.2. The number of unbranched alkanes of at least 4 members (excludes halogenated alkanes) is 24. The molecule has 9 nitrogen and oxygen atoms in total. The molecule has 0 fully saturated rings. The van der Waals surface area contributed by atoms with Gasteiger partial charge in [-0.05, 0) is 84.3 Å². The van der Waals surface area contributed by atoms with Crippen molar-refractivity contribution in [2.45, 2.75) is 207 Å². The zero-order valence-corrected chi connectivity index (χ0v) is 45.6. The molecule has 402 valence electrons. The highest BCUT2D eigenvalue weighted by atomic mass is 16.6. The predicted molar refractivity (Wildman–Crippen MR) is 295 cm³/mol. The van der Waals surface area contributed by atoms with Crippen LogP contribution in [0.1, 0.15) is 207 Å². The molecular formula is C62H100O9. The van der Waals surface area contributed by atoms with Crippen LogP contribution in [0.15, 0.2) is 48.5 Å². The van der Waals surface area contributed by atoms with Gasteiger partial charge < -0.3 is 42.6 Å². The number of fused-ring (bicyclic) bond motifs is 1. The fourth-order valence-corrected chi connectivity index (χ4v) is 9.01. The van der Waals surface area contributed by atoms with Crippen molar-refractivity contribution in [1.82, 2.24) is 0 Å². The highest BCUT2D eigenvalue weighted by Gasteiger charge is 2.20. The number of rotatable bonds is 38. The van der Waals surface area contributed by atoms with Crippen LogP contribution in [0.3, 0.4) is 0 Å². The van der Waals surface area contributed by atoms with Gasteiger partial charge in [0.1, 0.15) is 13.2 Å². The van der Waals surface area contributed by atoms with E-state index in [2.05, 4.69) is 76.2 Å². The van der Waals surface area contributed by atoms with Crippen molar-refractivity contribution in [2.24, 2.45) is 0 Å². The molecule has 3 aromatic carbocycles. The monoisotopic (exact) mass is 989 g/mol. The van der Waals surface area contributed by atoms with Crippen LogP contribution in [0.5, 0.6) is 34.5 Å². The van der Waals surface area contributed by atoms with E-state index in [1.807, 2.05) is 0 Å². The maximum absolute atomic E-state index is 6.68. The van der Waals surface area contributed by atoms with E-state index >= 15 is 0 Å². The molecule has 0 amide bonds. The van der Waals surface area contributed by atoms with E-state index in [1.54, 1.807) is 0 Å². The summed E-state index contributed by atoms with van der Waals surface area (Å²) in [6.45, 7) is 15.3. The fourth-order valence-electron chi connectivity index (χ4n) is 9.01. The number of ether oxygens (including phenoxy) is 9. The topological polar surface area (TPSA) is 83.1 Å². The van der Waals surface area contributed by atoms with Crippen molar-refractivity contribution in [2.75, 3.05) is 79.3 Å². The second kappa shape index (κ2) is 40.8. The lowest BCUT2D eigenvalue weighted by Crippen LogP contribution is -2.13. The molecule has 1 aliphatic heterocycles. The van der Waals surface area contributed by atoms with Gasteiger partial charge in [-0.1, -0.05) is 194 Å². The van der Waals surface area contributed by atoms with Crippen molar-refractivity contribution < 1.29 is 42.6 Å². The first-order valence-electron chi connectivity index (χ1n) is 29.1. The average Bonchev–Trinajstić information content (AvgIpc) is 3.40. The minimum atomic E-state index is 0.366. The molecule has 1 heterocycles. The molecule has 71 heavy (non-hydrogen) atoms. The van der Waals surface area contributed by atoms with E-state index in [1.165, 1.54) is 141 Å². The van der Waals surface area contributed by atoms with Gasteiger partial charge >= 0.3 is 0 Å². The summed E-state index contributed by atoms with van der Waals surface area (Å²) < 4.78 is 56.9. The summed E-state index contributed by atoms with van der Waals surface area (Å²) in [6, 6.07) is 17.1. The molecule has 0 radical (unpaired) electrons. The van der Waals surface area contributed by atoms with E-state index in [-0.39, 0.29) is 0 Å². The minimum absolute atomic E-state index is 0.366. The minimum Gasteiger partial charge on any atom is -0.490 e. The Hall–Kier alpha value is -3.66. The van der Waals surface area contributed by atoms with E-state index in [9.17, 15) is 0 Å². The summed E-state index contributed by atoms with van der Waals surface area (Å²) in [5.74, 6) is 4.43. The first-order valence-corrected chi connectivity index (χ1v) is 29.1. The van der Waals surface area contributed by atoms with Crippen LogP contribution in [-0.4, -0.2) is 79.3 Å². The second-order valence-electron chi connectivity index (χ2n) is 19.6. The fraction of sp³-hybridized carbons (Fsp3) is 0.710. The van der Waals surface area contributed by atoms with Crippen molar-refractivity contribution >= 4 is 0 Å². The molecule has 0 bridgehead atoms. The largest absolute Gasteiger partial charge is 0.490 e. The van der Waals surface area contributed by atoms with Crippen molar-refractivity contribution in [3.8, 4) is 56.8 Å². The van der Waals surface area contributed by atoms with Crippen molar-refractivity contribution in [3.63, 3.8) is 0 Å².